The third-order valence-corrected chi connectivity index (χ3v) is 4.32. The topological polar surface area (TPSA) is 52.2 Å². The molecule has 1 aromatic carbocycles. The highest BCUT2D eigenvalue weighted by atomic mass is 32.1. The third-order valence-electron chi connectivity index (χ3n) is 3.92. The van der Waals surface area contributed by atoms with E-state index in [0.29, 0.717) is 10.2 Å². The van der Waals surface area contributed by atoms with E-state index in [0.717, 1.165) is 28.2 Å². The molecular weight excluding hydrogens is 314 g/mol. The summed E-state index contributed by atoms with van der Waals surface area (Å²) in [7, 11) is 1.96. The fourth-order valence-corrected chi connectivity index (χ4v) is 3.30. The first-order chi connectivity index (χ1) is 10.3. The molecule has 0 amide bonds. The van der Waals surface area contributed by atoms with Crippen LogP contribution in [-0.2, 0) is 17.4 Å². The molecule has 1 aliphatic rings. The van der Waals surface area contributed by atoms with E-state index in [9.17, 15) is 0 Å². The fraction of sp³-hybridized carbons (Fsp3) is 0.250. The Hall–Kier alpha value is -1.92. The van der Waals surface area contributed by atoms with E-state index in [4.69, 9.17) is 34.9 Å². The van der Waals surface area contributed by atoms with Gasteiger partial charge in [0.25, 0.3) is 5.17 Å². The van der Waals surface area contributed by atoms with Crippen LogP contribution in [0.4, 0.5) is 5.69 Å². The Bertz CT molecular complexity index is 793. The van der Waals surface area contributed by atoms with Gasteiger partial charge in [-0.3, -0.25) is 0 Å². The number of anilines is 1. The number of rotatable bonds is 2. The fourth-order valence-electron chi connectivity index (χ4n) is 2.78. The summed E-state index contributed by atoms with van der Waals surface area (Å²) < 4.78 is 7.74. The molecule has 1 aromatic heterocycles. The molecule has 3 rings (SSSR count). The van der Waals surface area contributed by atoms with Gasteiger partial charge in [0.05, 0.1) is 5.69 Å². The minimum absolute atomic E-state index is 0.391. The molecule has 0 fully saturated rings. The van der Waals surface area contributed by atoms with Crippen molar-refractivity contribution in [3.05, 3.63) is 41.6 Å². The van der Waals surface area contributed by atoms with E-state index in [1.165, 1.54) is 0 Å². The van der Waals surface area contributed by atoms with Crippen LogP contribution >= 0.6 is 24.4 Å². The number of nitrogens with zero attached hydrogens (tertiary/aromatic N) is 1. The van der Waals surface area contributed by atoms with Gasteiger partial charge >= 0.3 is 0 Å². The molecule has 2 heterocycles. The van der Waals surface area contributed by atoms with Crippen molar-refractivity contribution in [1.82, 2.24) is 4.57 Å². The number of fused-ring (bicyclic) bond motifs is 1. The lowest BCUT2D eigenvalue weighted by atomic mass is 9.92. The molecule has 0 radical (unpaired) electrons. The first kappa shape index (κ1) is 15.0. The Morgan fingerprint density at radius 3 is 2.64 bits per heavy atom. The van der Waals surface area contributed by atoms with Crippen LogP contribution in [0.3, 0.4) is 0 Å². The summed E-state index contributed by atoms with van der Waals surface area (Å²) in [4.78, 5) is 0.391. The van der Waals surface area contributed by atoms with Gasteiger partial charge < -0.3 is 20.4 Å². The lowest BCUT2D eigenvalue weighted by molar-refractivity contribution is 0.0947. The Morgan fingerprint density at radius 2 is 2.00 bits per heavy atom. The van der Waals surface area contributed by atoms with Crippen LogP contribution in [-0.4, -0.2) is 14.7 Å². The van der Waals surface area contributed by atoms with Crippen molar-refractivity contribution < 1.29 is 4.74 Å². The van der Waals surface area contributed by atoms with Crippen LogP contribution < -0.4 is 11.1 Å². The predicted octanol–water partition coefficient (Wildman–Crippen LogP) is 3.29. The molecule has 3 N–H and O–H groups in total. The normalized spacial score (nSPS) is 15.7. The van der Waals surface area contributed by atoms with Crippen molar-refractivity contribution in [1.29, 1.82) is 0 Å². The number of nitrogens with one attached hydrogen (secondary N) is 1. The van der Waals surface area contributed by atoms with Crippen LogP contribution in [0.15, 0.2) is 30.3 Å². The van der Waals surface area contributed by atoms with E-state index < -0.39 is 5.60 Å². The van der Waals surface area contributed by atoms with Crippen LogP contribution in [0.5, 0.6) is 0 Å². The van der Waals surface area contributed by atoms with Gasteiger partial charge in [0.1, 0.15) is 10.6 Å². The van der Waals surface area contributed by atoms with E-state index in [1.54, 1.807) is 0 Å². The van der Waals surface area contributed by atoms with Gasteiger partial charge in [-0.25, -0.2) is 0 Å². The maximum absolute atomic E-state index is 5.74. The molecule has 1 aliphatic heterocycles. The van der Waals surface area contributed by atoms with Crippen LogP contribution in [0.2, 0.25) is 0 Å². The van der Waals surface area contributed by atoms with Gasteiger partial charge in [0, 0.05) is 24.0 Å². The molecule has 0 unspecified atom stereocenters. The molecule has 114 valence electrons. The maximum atomic E-state index is 5.74. The molecular formula is C16H17N3OS2. The highest BCUT2D eigenvalue weighted by molar-refractivity contribution is 7.80. The summed E-state index contributed by atoms with van der Waals surface area (Å²) >= 11 is 10.2. The summed E-state index contributed by atoms with van der Waals surface area (Å²) in [5.41, 5.74) is 10.3. The summed E-state index contributed by atoms with van der Waals surface area (Å²) in [6.45, 7) is 4.02. The largest absolute Gasteiger partial charge is 0.460 e. The zero-order valence-corrected chi connectivity index (χ0v) is 14.3. The molecule has 0 bridgehead atoms. The third kappa shape index (κ3) is 2.38. The summed E-state index contributed by atoms with van der Waals surface area (Å²) in [5, 5.41) is 3.50. The van der Waals surface area contributed by atoms with Gasteiger partial charge in [-0.15, -0.1) is 0 Å². The summed E-state index contributed by atoms with van der Waals surface area (Å²) in [5.74, 6) is 0. The van der Waals surface area contributed by atoms with Gasteiger partial charge in [-0.05, 0) is 55.9 Å². The van der Waals surface area contributed by atoms with E-state index in [1.807, 2.05) is 43.7 Å². The number of aromatic nitrogens is 1. The first-order valence-electron chi connectivity index (χ1n) is 6.90. The Kier molecular flexibility index (Phi) is 3.45. The monoisotopic (exact) mass is 331 g/mol. The van der Waals surface area contributed by atoms with Crippen LogP contribution in [0.25, 0.3) is 11.3 Å². The summed E-state index contributed by atoms with van der Waals surface area (Å²) in [6.07, 6.45) is 0. The SMILES string of the molecule is Cn1c(C(N)=S)ccc1-c1ccc2c(c1)C(C)(C)OC(=S)N2. The molecule has 0 atom stereocenters. The average molecular weight is 331 g/mol. The predicted molar refractivity (Wildman–Crippen MR) is 97.1 cm³/mol. The lowest BCUT2D eigenvalue weighted by Gasteiger charge is -2.34. The molecule has 0 spiro atoms. The molecule has 2 aromatic rings. The van der Waals surface area contributed by atoms with Gasteiger partial charge in [0.15, 0.2) is 0 Å². The quantitative estimate of drug-likeness (QED) is 0.827. The van der Waals surface area contributed by atoms with Crippen molar-refractivity contribution in [3.8, 4) is 11.3 Å². The second-order valence-corrected chi connectivity index (χ2v) is 6.62. The van der Waals surface area contributed by atoms with Crippen molar-refractivity contribution >= 4 is 40.3 Å². The number of ether oxygens (including phenoxy) is 1. The van der Waals surface area contributed by atoms with Gasteiger partial charge in [-0.1, -0.05) is 18.3 Å². The second-order valence-electron chi connectivity index (χ2n) is 5.81. The summed E-state index contributed by atoms with van der Waals surface area (Å²) in [6, 6.07) is 10.1. The van der Waals surface area contributed by atoms with Crippen molar-refractivity contribution in [2.45, 2.75) is 19.4 Å². The Balaban J connectivity index is 2.12. The highest BCUT2D eigenvalue weighted by Crippen LogP contribution is 2.38. The minimum Gasteiger partial charge on any atom is -0.460 e. The number of benzene rings is 1. The number of hydrogen-bond acceptors (Lipinski definition) is 3. The maximum Gasteiger partial charge on any atom is 0.262 e. The van der Waals surface area contributed by atoms with Crippen LogP contribution in [0, 0.1) is 0 Å². The molecule has 22 heavy (non-hydrogen) atoms. The van der Waals surface area contributed by atoms with Crippen molar-refractivity contribution in [2.24, 2.45) is 12.8 Å². The molecule has 0 aliphatic carbocycles. The van der Waals surface area contributed by atoms with Crippen LogP contribution in [0.1, 0.15) is 25.1 Å². The Labute approximate surface area is 140 Å². The molecule has 0 saturated heterocycles. The van der Waals surface area contributed by atoms with E-state index >= 15 is 0 Å². The van der Waals surface area contributed by atoms with Crippen molar-refractivity contribution in [3.63, 3.8) is 0 Å². The standard InChI is InChI=1S/C16H17N3OS2/c1-16(2)10-8-9(4-5-11(10)18-15(22)20-16)12-6-7-13(14(17)21)19(12)3/h4-8H,1-3H3,(H2,17,21)(H,18,22). The number of thiocarbonyl (C=S) groups is 2. The van der Waals surface area contributed by atoms with Crippen molar-refractivity contribution in [2.75, 3.05) is 5.32 Å². The average Bonchev–Trinajstić information content (AvgIpc) is 2.79. The molecule has 6 heteroatoms. The molecule has 4 nitrogen and oxygen atoms in total. The lowest BCUT2D eigenvalue weighted by Crippen LogP contribution is -2.34. The number of nitrogens with two attached hydrogens (primary N) is 1. The zero-order valence-electron chi connectivity index (χ0n) is 12.6. The highest BCUT2D eigenvalue weighted by Gasteiger charge is 2.32. The smallest absolute Gasteiger partial charge is 0.262 e. The number of hydrogen-bond donors (Lipinski definition) is 2. The van der Waals surface area contributed by atoms with Gasteiger partial charge in [-0.2, -0.15) is 0 Å². The van der Waals surface area contributed by atoms with Gasteiger partial charge in [0.2, 0.25) is 0 Å². The van der Waals surface area contributed by atoms with E-state index in [2.05, 4.69) is 17.4 Å². The second kappa shape index (κ2) is 5.07. The van der Waals surface area contributed by atoms with E-state index in [-0.39, 0.29) is 0 Å². The first-order valence-corrected chi connectivity index (χ1v) is 7.71. The molecule has 0 saturated carbocycles. The minimum atomic E-state index is -0.467. The zero-order chi connectivity index (χ0) is 16.1. The Morgan fingerprint density at radius 1 is 1.27 bits per heavy atom.